The zero-order chi connectivity index (χ0) is 14.8. The second-order valence-corrected chi connectivity index (χ2v) is 5.56. The molecule has 0 atom stereocenters. The third-order valence-electron chi connectivity index (χ3n) is 3.28. The molecule has 1 saturated heterocycles. The van der Waals surface area contributed by atoms with Gasteiger partial charge in [-0.25, -0.2) is 0 Å². The molecular weight excluding hydrogens is 290 g/mol. The number of fused-ring (bicyclic) bond motifs is 1. The Labute approximate surface area is 124 Å². The van der Waals surface area contributed by atoms with Crippen LogP contribution in [0.25, 0.3) is 10.9 Å². The van der Waals surface area contributed by atoms with Gasteiger partial charge in [0.05, 0.1) is 5.75 Å². The molecule has 0 spiro atoms. The van der Waals surface area contributed by atoms with Gasteiger partial charge in [0.1, 0.15) is 0 Å². The summed E-state index contributed by atoms with van der Waals surface area (Å²) in [5.41, 5.74) is 1.43. The van der Waals surface area contributed by atoms with Gasteiger partial charge < -0.3 is 10.3 Å². The van der Waals surface area contributed by atoms with E-state index in [1.54, 1.807) is 12.1 Å². The summed E-state index contributed by atoms with van der Waals surface area (Å²) in [6.45, 7) is 0.459. The summed E-state index contributed by atoms with van der Waals surface area (Å²) in [6, 6.07) is 7.31. The number of nitrogens with one attached hydrogen (secondary N) is 2. The second kappa shape index (κ2) is 5.61. The molecule has 1 aliphatic rings. The highest BCUT2D eigenvalue weighted by atomic mass is 32.2. The van der Waals surface area contributed by atoms with Crippen LogP contribution in [0.1, 0.15) is 10.4 Å². The van der Waals surface area contributed by atoms with E-state index in [1.807, 2.05) is 18.3 Å². The lowest BCUT2D eigenvalue weighted by Gasteiger charge is -2.13. The lowest BCUT2D eigenvalue weighted by molar-refractivity contribution is -0.124. The summed E-state index contributed by atoms with van der Waals surface area (Å²) in [4.78, 5) is 39.1. The van der Waals surface area contributed by atoms with Crippen molar-refractivity contribution in [3.63, 3.8) is 0 Å². The molecule has 1 aromatic carbocycles. The molecule has 3 amide bonds. The van der Waals surface area contributed by atoms with Gasteiger partial charge in [-0.05, 0) is 23.6 Å². The number of nitrogens with zero attached hydrogens (tertiary/aromatic N) is 1. The molecule has 1 aliphatic heterocycles. The molecule has 0 bridgehead atoms. The van der Waals surface area contributed by atoms with Gasteiger partial charge in [0.2, 0.25) is 5.91 Å². The summed E-state index contributed by atoms with van der Waals surface area (Å²) < 4.78 is 0. The molecule has 6 nitrogen and oxygen atoms in total. The molecule has 2 heterocycles. The van der Waals surface area contributed by atoms with Crippen LogP contribution in [0, 0.1) is 0 Å². The van der Waals surface area contributed by atoms with Crippen molar-refractivity contribution in [2.24, 2.45) is 0 Å². The highest BCUT2D eigenvalue weighted by Crippen LogP contribution is 2.18. The molecule has 2 aromatic rings. The second-order valence-electron chi connectivity index (χ2n) is 4.64. The highest BCUT2D eigenvalue weighted by molar-refractivity contribution is 8.14. The fourth-order valence-electron chi connectivity index (χ4n) is 2.17. The van der Waals surface area contributed by atoms with Crippen LogP contribution >= 0.6 is 11.8 Å². The zero-order valence-electron chi connectivity index (χ0n) is 11.1. The van der Waals surface area contributed by atoms with Gasteiger partial charge in [-0.1, -0.05) is 17.8 Å². The third kappa shape index (κ3) is 2.78. The predicted molar refractivity (Wildman–Crippen MR) is 80.2 cm³/mol. The Hall–Kier alpha value is -2.28. The van der Waals surface area contributed by atoms with E-state index in [1.165, 1.54) is 4.90 Å². The number of aromatic amines is 1. The first-order valence-electron chi connectivity index (χ1n) is 6.47. The molecule has 0 saturated carbocycles. The number of H-pyrrole nitrogens is 1. The molecule has 0 unspecified atom stereocenters. The Morgan fingerprint density at radius 1 is 1.33 bits per heavy atom. The van der Waals surface area contributed by atoms with Gasteiger partial charge in [-0.2, -0.15) is 0 Å². The summed E-state index contributed by atoms with van der Waals surface area (Å²) in [5.74, 6) is -0.235. The number of amides is 3. The van der Waals surface area contributed by atoms with Gasteiger partial charge in [-0.15, -0.1) is 0 Å². The average Bonchev–Trinajstić information content (AvgIpc) is 3.07. The van der Waals surface area contributed by atoms with Gasteiger partial charge >= 0.3 is 0 Å². The van der Waals surface area contributed by atoms with Gasteiger partial charge in [0, 0.05) is 30.4 Å². The van der Waals surface area contributed by atoms with E-state index < -0.39 is 0 Å². The molecule has 21 heavy (non-hydrogen) atoms. The Balaban J connectivity index is 1.58. The van der Waals surface area contributed by atoms with Crippen LogP contribution in [0.5, 0.6) is 0 Å². The van der Waals surface area contributed by atoms with Crippen molar-refractivity contribution in [2.45, 2.75) is 0 Å². The molecule has 1 fully saturated rings. The molecule has 7 heteroatoms. The van der Waals surface area contributed by atoms with Crippen molar-refractivity contribution in [2.75, 3.05) is 18.8 Å². The molecule has 0 aliphatic carbocycles. The molecule has 0 radical (unpaired) electrons. The number of hydrogen-bond donors (Lipinski definition) is 2. The zero-order valence-corrected chi connectivity index (χ0v) is 11.9. The fourth-order valence-corrected chi connectivity index (χ4v) is 2.92. The maximum Gasteiger partial charge on any atom is 0.288 e. The summed E-state index contributed by atoms with van der Waals surface area (Å²) >= 11 is 0.992. The van der Waals surface area contributed by atoms with Crippen molar-refractivity contribution >= 4 is 39.7 Å². The Kier molecular flexibility index (Phi) is 3.66. The van der Waals surface area contributed by atoms with Crippen LogP contribution in [0.4, 0.5) is 4.79 Å². The topological polar surface area (TPSA) is 82.3 Å². The molecule has 2 N–H and O–H groups in total. The maximum absolute atomic E-state index is 12.0. The lowest BCUT2D eigenvalue weighted by atomic mass is 10.1. The van der Waals surface area contributed by atoms with Gasteiger partial charge in [-0.3, -0.25) is 19.3 Å². The quantitative estimate of drug-likeness (QED) is 0.898. The first-order chi connectivity index (χ1) is 10.1. The smallest absolute Gasteiger partial charge is 0.288 e. The number of imide groups is 1. The van der Waals surface area contributed by atoms with Crippen LogP contribution in [-0.2, 0) is 4.79 Å². The highest BCUT2D eigenvalue weighted by Gasteiger charge is 2.29. The largest absolute Gasteiger partial charge is 0.361 e. The average molecular weight is 303 g/mol. The lowest BCUT2D eigenvalue weighted by Crippen LogP contribution is -2.37. The summed E-state index contributed by atoms with van der Waals surface area (Å²) in [5, 5.41) is 3.51. The van der Waals surface area contributed by atoms with E-state index in [4.69, 9.17) is 0 Å². The van der Waals surface area contributed by atoms with Crippen LogP contribution in [0.15, 0.2) is 30.5 Å². The number of benzene rings is 1. The first kappa shape index (κ1) is 13.7. The summed E-state index contributed by atoms with van der Waals surface area (Å²) in [6.07, 6.45) is 1.81. The Bertz CT molecular complexity index is 709. The van der Waals surface area contributed by atoms with Crippen molar-refractivity contribution in [3.05, 3.63) is 36.0 Å². The predicted octanol–water partition coefficient (Wildman–Crippen LogP) is 1.59. The van der Waals surface area contributed by atoms with E-state index in [0.717, 1.165) is 22.7 Å². The minimum atomic E-state index is -0.248. The molecular formula is C14H13N3O3S. The molecule has 1 aromatic heterocycles. The van der Waals surface area contributed by atoms with E-state index in [9.17, 15) is 14.4 Å². The van der Waals surface area contributed by atoms with Crippen molar-refractivity contribution in [1.82, 2.24) is 15.2 Å². The third-order valence-corrected chi connectivity index (χ3v) is 4.14. The number of rotatable bonds is 4. The minimum absolute atomic E-state index is 0.191. The number of hydrogen-bond acceptors (Lipinski definition) is 4. The monoisotopic (exact) mass is 303 g/mol. The van der Waals surface area contributed by atoms with Crippen LogP contribution in [0.2, 0.25) is 0 Å². The Morgan fingerprint density at radius 3 is 2.95 bits per heavy atom. The van der Waals surface area contributed by atoms with Crippen molar-refractivity contribution in [1.29, 1.82) is 0 Å². The van der Waals surface area contributed by atoms with Crippen LogP contribution in [-0.4, -0.2) is 45.8 Å². The van der Waals surface area contributed by atoms with E-state index >= 15 is 0 Å². The SMILES string of the molecule is O=C(NCCN1C(=O)CSC1=O)c1ccc2cc[nH]c2c1. The maximum atomic E-state index is 12.0. The number of carbonyl (C=O) groups is 3. The standard InChI is InChI=1S/C14H13N3O3S/c18-12-8-21-14(20)17(12)6-5-16-13(19)10-2-1-9-3-4-15-11(9)7-10/h1-4,7,15H,5-6,8H2,(H,16,19). The van der Waals surface area contributed by atoms with E-state index in [2.05, 4.69) is 10.3 Å². The van der Waals surface area contributed by atoms with Crippen LogP contribution < -0.4 is 5.32 Å². The molecule has 108 valence electrons. The number of thioether (sulfide) groups is 1. The van der Waals surface area contributed by atoms with Crippen molar-refractivity contribution < 1.29 is 14.4 Å². The number of aromatic nitrogens is 1. The van der Waals surface area contributed by atoms with E-state index in [-0.39, 0.29) is 35.9 Å². The minimum Gasteiger partial charge on any atom is -0.361 e. The normalized spacial score (nSPS) is 15.0. The van der Waals surface area contributed by atoms with E-state index in [0.29, 0.717) is 5.56 Å². The summed E-state index contributed by atoms with van der Waals surface area (Å²) in [7, 11) is 0. The van der Waals surface area contributed by atoms with Crippen molar-refractivity contribution in [3.8, 4) is 0 Å². The Morgan fingerprint density at radius 2 is 2.19 bits per heavy atom. The first-order valence-corrected chi connectivity index (χ1v) is 7.46. The van der Waals surface area contributed by atoms with Gasteiger partial charge in [0.15, 0.2) is 0 Å². The number of carbonyl (C=O) groups excluding carboxylic acids is 3. The van der Waals surface area contributed by atoms with Gasteiger partial charge in [0.25, 0.3) is 11.1 Å². The van der Waals surface area contributed by atoms with Crippen LogP contribution in [0.3, 0.4) is 0 Å². The fraction of sp³-hybridized carbons (Fsp3) is 0.214. The molecule has 3 rings (SSSR count).